The van der Waals surface area contributed by atoms with E-state index in [1.807, 2.05) is 13.0 Å². The summed E-state index contributed by atoms with van der Waals surface area (Å²) in [4.78, 5) is 33.2. The molecular formula is C22H20FN5O2. The molecule has 1 heterocycles. The lowest BCUT2D eigenvalue weighted by Crippen LogP contribution is -2.20. The van der Waals surface area contributed by atoms with Gasteiger partial charge in [0.05, 0.1) is 16.8 Å². The minimum Gasteiger partial charge on any atom is -0.384 e. The zero-order chi connectivity index (χ0) is 21.7. The summed E-state index contributed by atoms with van der Waals surface area (Å²) in [6.45, 7) is 1.89. The summed E-state index contributed by atoms with van der Waals surface area (Å²) in [5.74, 6) is -1.36. The Bertz CT molecular complexity index is 1130. The number of hydrogen-bond donors (Lipinski definition) is 3. The van der Waals surface area contributed by atoms with Crippen LogP contribution in [-0.4, -0.2) is 29.7 Å². The standard InChI is InChI=1S/C22H20FN5O2/c1-13-7-10-19(26-12-13)28-22(30)16-5-3-4-6-18(16)27-21(29)15-9-8-14(11-17(15)23)20(24)25-2/h3-12H,1-2H3,(H2,24,25)(H,27,29)(H,26,28,30). The third kappa shape index (κ3) is 4.67. The lowest BCUT2D eigenvalue weighted by Gasteiger charge is -2.12. The molecule has 0 bridgehead atoms. The summed E-state index contributed by atoms with van der Waals surface area (Å²) in [7, 11) is 1.49. The number of amides is 2. The fourth-order valence-electron chi connectivity index (χ4n) is 2.69. The first-order chi connectivity index (χ1) is 14.4. The van der Waals surface area contributed by atoms with Crippen LogP contribution in [0.4, 0.5) is 15.9 Å². The molecular weight excluding hydrogens is 385 g/mol. The van der Waals surface area contributed by atoms with Gasteiger partial charge in [0.1, 0.15) is 17.5 Å². The Balaban J connectivity index is 1.81. The minimum absolute atomic E-state index is 0.160. The summed E-state index contributed by atoms with van der Waals surface area (Å²) >= 11 is 0. The number of anilines is 2. The van der Waals surface area contributed by atoms with E-state index in [0.717, 1.165) is 11.6 Å². The molecule has 7 nitrogen and oxygen atoms in total. The molecule has 0 spiro atoms. The third-order valence-electron chi connectivity index (χ3n) is 4.32. The van der Waals surface area contributed by atoms with E-state index in [1.54, 1.807) is 36.5 Å². The van der Waals surface area contributed by atoms with Gasteiger partial charge >= 0.3 is 0 Å². The topological polar surface area (TPSA) is 109 Å². The van der Waals surface area contributed by atoms with Gasteiger partial charge in [0.15, 0.2) is 0 Å². The molecule has 30 heavy (non-hydrogen) atoms. The predicted molar refractivity (Wildman–Crippen MR) is 114 cm³/mol. The fourth-order valence-corrected chi connectivity index (χ4v) is 2.69. The number of halogens is 1. The van der Waals surface area contributed by atoms with Gasteiger partial charge < -0.3 is 16.4 Å². The summed E-state index contributed by atoms with van der Waals surface area (Å²) < 4.78 is 14.4. The van der Waals surface area contributed by atoms with Crippen LogP contribution in [0.15, 0.2) is 65.8 Å². The van der Waals surface area contributed by atoms with Gasteiger partial charge in [-0.25, -0.2) is 9.37 Å². The summed E-state index contributed by atoms with van der Waals surface area (Å²) in [5.41, 5.74) is 7.28. The average molecular weight is 405 g/mol. The largest absolute Gasteiger partial charge is 0.384 e. The number of benzene rings is 2. The number of nitrogens with one attached hydrogen (secondary N) is 2. The van der Waals surface area contributed by atoms with E-state index >= 15 is 0 Å². The van der Waals surface area contributed by atoms with Crippen LogP contribution in [0, 0.1) is 12.7 Å². The number of carbonyl (C=O) groups excluding carboxylic acids is 2. The SMILES string of the molecule is CN=C(N)c1ccc(C(=O)Nc2ccccc2C(=O)Nc2ccc(C)cn2)c(F)c1. The van der Waals surface area contributed by atoms with Crippen LogP contribution in [0.2, 0.25) is 0 Å². The number of hydrogen-bond acceptors (Lipinski definition) is 4. The molecule has 8 heteroatoms. The predicted octanol–water partition coefficient (Wildman–Crippen LogP) is 3.37. The Morgan fingerprint density at radius 2 is 1.73 bits per heavy atom. The van der Waals surface area contributed by atoms with Gasteiger partial charge in [-0.1, -0.05) is 24.3 Å². The van der Waals surface area contributed by atoms with Gasteiger partial charge in [0.25, 0.3) is 11.8 Å². The smallest absolute Gasteiger partial charge is 0.258 e. The molecule has 0 fully saturated rings. The Labute approximate surface area is 172 Å². The molecule has 2 aromatic carbocycles. The number of aliphatic imine (C=N–C) groups is 1. The molecule has 0 saturated heterocycles. The number of nitrogens with zero attached hydrogens (tertiary/aromatic N) is 2. The Morgan fingerprint density at radius 3 is 2.40 bits per heavy atom. The van der Waals surface area contributed by atoms with E-state index in [4.69, 9.17) is 5.73 Å². The first-order valence-corrected chi connectivity index (χ1v) is 9.05. The first kappa shape index (κ1) is 20.7. The summed E-state index contributed by atoms with van der Waals surface area (Å²) in [6.07, 6.45) is 1.63. The van der Waals surface area contributed by atoms with Crippen LogP contribution in [0.25, 0.3) is 0 Å². The third-order valence-corrected chi connectivity index (χ3v) is 4.32. The number of amidine groups is 1. The van der Waals surface area contributed by atoms with Crippen LogP contribution < -0.4 is 16.4 Å². The Kier molecular flexibility index (Phi) is 6.17. The highest BCUT2D eigenvalue weighted by molar-refractivity contribution is 6.12. The maximum absolute atomic E-state index is 14.4. The first-order valence-electron chi connectivity index (χ1n) is 9.05. The van der Waals surface area contributed by atoms with Crippen molar-refractivity contribution in [2.24, 2.45) is 10.7 Å². The van der Waals surface area contributed by atoms with Crippen LogP contribution in [0.5, 0.6) is 0 Å². The number of aromatic nitrogens is 1. The molecule has 0 aliphatic heterocycles. The number of aryl methyl sites for hydroxylation is 1. The highest BCUT2D eigenvalue weighted by Crippen LogP contribution is 2.19. The fraction of sp³-hybridized carbons (Fsp3) is 0.0909. The molecule has 3 rings (SSSR count). The molecule has 0 unspecified atom stereocenters. The van der Waals surface area contributed by atoms with E-state index in [0.29, 0.717) is 11.4 Å². The number of carbonyl (C=O) groups is 2. The molecule has 0 saturated carbocycles. The minimum atomic E-state index is -0.748. The van der Waals surface area contributed by atoms with Crippen molar-refractivity contribution in [3.05, 3.63) is 88.9 Å². The number of pyridine rings is 1. The zero-order valence-corrected chi connectivity index (χ0v) is 16.4. The van der Waals surface area contributed by atoms with Gasteiger partial charge in [0, 0.05) is 18.8 Å². The van der Waals surface area contributed by atoms with Crippen molar-refractivity contribution in [2.75, 3.05) is 17.7 Å². The van der Waals surface area contributed by atoms with Gasteiger partial charge in [-0.15, -0.1) is 0 Å². The number of para-hydroxylation sites is 1. The average Bonchev–Trinajstić information content (AvgIpc) is 2.74. The maximum Gasteiger partial charge on any atom is 0.258 e. The van der Waals surface area contributed by atoms with Gasteiger partial charge in [0.2, 0.25) is 0 Å². The van der Waals surface area contributed by atoms with Gasteiger partial charge in [-0.2, -0.15) is 0 Å². The molecule has 0 atom stereocenters. The molecule has 0 radical (unpaired) electrons. The second kappa shape index (κ2) is 8.95. The molecule has 0 aliphatic rings. The summed E-state index contributed by atoms with van der Waals surface area (Å²) in [6, 6.07) is 13.9. The van der Waals surface area contributed by atoms with E-state index in [9.17, 15) is 14.0 Å². The van der Waals surface area contributed by atoms with Crippen molar-refractivity contribution in [1.82, 2.24) is 4.98 Å². The molecule has 1 aromatic heterocycles. The second-order valence-electron chi connectivity index (χ2n) is 6.48. The number of nitrogens with two attached hydrogens (primary N) is 1. The molecule has 152 valence electrons. The van der Waals surface area contributed by atoms with Crippen molar-refractivity contribution in [1.29, 1.82) is 0 Å². The van der Waals surface area contributed by atoms with Gasteiger partial charge in [-0.05, 0) is 42.8 Å². The lowest BCUT2D eigenvalue weighted by molar-refractivity contribution is 0.102. The van der Waals surface area contributed by atoms with Crippen molar-refractivity contribution in [3.8, 4) is 0 Å². The Hall–Kier alpha value is -4.07. The highest BCUT2D eigenvalue weighted by Gasteiger charge is 2.17. The van der Waals surface area contributed by atoms with Crippen molar-refractivity contribution in [2.45, 2.75) is 6.92 Å². The molecule has 2 amide bonds. The van der Waals surface area contributed by atoms with Crippen LogP contribution >= 0.6 is 0 Å². The van der Waals surface area contributed by atoms with Crippen LogP contribution in [0.1, 0.15) is 31.8 Å². The van der Waals surface area contributed by atoms with E-state index in [1.165, 1.54) is 19.2 Å². The van der Waals surface area contributed by atoms with Gasteiger partial charge in [-0.3, -0.25) is 14.6 Å². The lowest BCUT2D eigenvalue weighted by atomic mass is 10.1. The molecule has 3 aromatic rings. The molecule has 4 N–H and O–H groups in total. The Morgan fingerprint density at radius 1 is 1.00 bits per heavy atom. The normalized spacial score (nSPS) is 11.1. The van der Waals surface area contributed by atoms with E-state index in [-0.39, 0.29) is 22.6 Å². The maximum atomic E-state index is 14.4. The number of rotatable bonds is 5. The summed E-state index contributed by atoms with van der Waals surface area (Å²) in [5, 5.41) is 5.26. The van der Waals surface area contributed by atoms with E-state index in [2.05, 4.69) is 20.6 Å². The van der Waals surface area contributed by atoms with Crippen molar-refractivity contribution >= 4 is 29.2 Å². The van der Waals surface area contributed by atoms with Crippen molar-refractivity contribution < 1.29 is 14.0 Å². The zero-order valence-electron chi connectivity index (χ0n) is 16.4. The van der Waals surface area contributed by atoms with Crippen molar-refractivity contribution in [3.63, 3.8) is 0 Å². The monoisotopic (exact) mass is 405 g/mol. The van der Waals surface area contributed by atoms with Crippen LogP contribution in [-0.2, 0) is 0 Å². The highest BCUT2D eigenvalue weighted by atomic mass is 19.1. The van der Waals surface area contributed by atoms with E-state index < -0.39 is 17.6 Å². The van der Waals surface area contributed by atoms with Crippen LogP contribution in [0.3, 0.4) is 0 Å². The molecule has 0 aliphatic carbocycles. The second-order valence-corrected chi connectivity index (χ2v) is 6.48. The quantitative estimate of drug-likeness (QED) is 0.447.